The average molecular weight is 368 g/mol. The lowest BCUT2D eigenvalue weighted by Crippen LogP contribution is -2.21. The van der Waals surface area contributed by atoms with Crippen LogP contribution in [0.1, 0.15) is 49.8 Å². The summed E-state index contributed by atoms with van der Waals surface area (Å²) in [4.78, 5) is 23.9. The highest BCUT2D eigenvalue weighted by Gasteiger charge is 2.12. The molecule has 2 rings (SSSR count). The number of aryl methyl sites for hydroxylation is 2. The zero-order valence-electron chi connectivity index (χ0n) is 16.7. The highest BCUT2D eigenvalue weighted by Crippen LogP contribution is 2.27. The third-order valence-electron chi connectivity index (χ3n) is 4.27. The standard InChI is InChI=1S/C22H28N2O3/c1-6-21(25)23-17-9-8-16(5)19(12-17)24-22(26)13-27-20-11-15(4)7-10-18(20)14(2)3/h7-12,14H,6,13H2,1-5H3,(H,23,25)(H,24,26). The summed E-state index contributed by atoms with van der Waals surface area (Å²) in [5, 5.41) is 5.66. The molecule has 2 aromatic rings. The predicted molar refractivity (Wildman–Crippen MR) is 109 cm³/mol. The maximum absolute atomic E-state index is 12.4. The molecule has 0 aromatic heterocycles. The van der Waals surface area contributed by atoms with Crippen LogP contribution in [0.15, 0.2) is 36.4 Å². The van der Waals surface area contributed by atoms with E-state index in [1.165, 1.54) is 0 Å². The topological polar surface area (TPSA) is 67.4 Å². The van der Waals surface area contributed by atoms with Gasteiger partial charge >= 0.3 is 0 Å². The lowest BCUT2D eigenvalue weighted by Gasteiger charge is -2.15. The summed E-state index contributed by atoms with van der Waals surface area (Å²) < 4.78 is 5.78. The lowest BCUT2D eigenvalue weighted by atomic mass is 10.0. The predicted octanol–water partition coefficient (Wildman–Crippen LogP) is 4.79. The quantitative estimate of drug-likeness (QED) is 0.738. The van der Waals surface area contributed by atoms with Gasteiger partial charge in [0.2, 0.25) is 5.91 Å². The normalized spacial score (nSPS) is 10.6. The van der Waals surface area contributed by atoms with Crippen LogP contribution >= 0.6 is 0 Å². The first kappa shape index (κ1) is 20.5. The zero-order valence-corrected chi connectivity index (χ0v) is 16.7. The summed E-state index contributed by atoms with van der Waals surface area (Å²) in [6, 6.07) is 11.5. The van der Waals surface area contributed by atoms with Crippen LogP contribution in [0.2, 0.25) is 0 Å². The van der Waals surface area contributed by atoms with Gasteiger partial charge in [0, 0.05) is 17.8 Å². The Morgan fingerprint density at radius 2 is 1.74 bits per heavy atom. The van der Waals surface area contributed by atoms with Crippen LogP contribution in [-0.2, 0) is 9.59 Å². The van der Waals surface area contributed by atoms with Crippen molar-refractivity contribution in [3.8, 4) is 5.75 Å². The number of nitrogens with one attached hydrogen (secondary N) is 2. The van der Waals surface area contributed by atoms with E-state index in [1.807, 2.05) is 44.2 Å². The SMILES string of the molecule is CCC(=O)Nc1ccc(C)c(NC(=O)COc2cc(C)ccc2C(C)C)c1. The number of anilines is 2. The number of rotatable bonds is 7. The number of ether oxygens (including phenoxy) is 1. The second kappa shape index (κ2) is 9.21. The largest absolute Gasteiger partial charge is 0.483 e. The Morgan fingerprint density at radius 1 is 1.00 bits per heavy atom. The van der Waals surface area contributed by atoms with E-state index < -0.39 is 0 Å². The minimum atomic E-state index is -0.242. The molecule has 0 aliphatic carbocycles. The minimum Gasteiger partial charge on any atom is -0.483 e. The van der Waals surface area contributed by atoms with Crippen LogP contribution in [0.4, 0.5) is 11.4 Å². The first-order chi connectivity index (χ1) is 12.8. The van der Waals surface area contributed by atoms with Gasteiger partial charge in [-0.1, -0.05) is 39.0 Å². The van der Waals surface area contributed by atoms with Gasteiger partial charge in [-0.05, 0) is 54.7 Å². The van der Waals surface area contributed by atoms with Crippen molar-refractivity contribution in [1.29, 1.82) is 0 Å². The summed E-state index contributed by atoms with van der Waals surface area (Å²) >= 11 is 0. The van der Waals surface area contributed by atoms with E-state index in [0.717, 1.165) is 22.4 Å². The third-order valence-corrected chi connectivity index (χ3v) is 4.27. The maximum atomic E-state index is 12.4. The molecule has 0 saturated carbocycles. The van der Waals surface area contributed by atoms with Crippen LogP contribution in [-0.4, -0.2) is 18.4 Å². The Labute approximate surface area is 161 Å². The number of amides is 2. The summed E-state index contributed by atoms with van der Waals surface area (Å²) in [5.41, 5.74) is 4.39. The first-order valence-electron chi connectivity index (χ1n) is 9.23. The van der Waals surface area contributed by atoms with Gasteiger partial charge in [0.25, 0.3) is 5.91 Å². The summed E-state index contributed by atoms with van der Waals surface area (Å²) in [6.45, 7) is 9.80. The Balaban J connectivity index is 2.05. The van der Waals surface area contributed by atoms with Gasteiger partial charge in [0.15, 0.2) is 6.61 Å². The molecule has 27 heavy (non-hydrogen) atoms. The molecule has 0 aliphatic rings. The Morgan fingerprint density at radius 3 is 2.41 bits per heavy atom. The Bertz CT molecular complexity index is 828. The van der Waals surface area contributed by atoms with Crippen LogP contribution < -0.4 is 15.4 Å². The number of hydrogen-bond acceptors (Lipinski definition) is 3. The summed E-state index contributed by atoms with van der Waals surface area (Å²) in [6.07, 6.45) is 0.401. The van der Waals surface area contributed by atoms with Crippen molar-refractivity contribution >= 4 is 23.2 Å². The van der Waals surface area contributed by atoms with Gasteiger partial charge in [-0.2, -0.15) is 0 Å². The third kappa shape index (κ3) is 5.84. The lowest BCUT2D eigenvalue weighted by molar-refractivity contribution is -0.118. The summed E-state index contributed by atoms with van der Waals surface area (Å²) in [5.74, 6) is 0.735. The fourth-order valence-corrected chi connectivity index (χ4v) is 2.66. The molecule has 0 spiro atoms. The van der Waals surface area contributed by atoms with Gasteiger partial charge in [-0.25, -0.2) is 0 Å². The van der Waals surface area contributed by atoms with Crippen LogP contribution in [0.5, 0.6) is 5.75 Å². The van der Waals surface area contributed by atoms with E-state index in [9.17, 15) is 9.59 Å². The first-order valence-corrected chi connectivity index (χ1v) is 9.23. The molecular weight excluding hydrogens is 340 g/mol. The van der Waals surface area contributed by atoms with Crippen LogP contribution in [0, 0.1) is 13.8 Å². The molecule has 0 aliphatic heterocycles. The number of benzene rings is 2. The Hall–Kier alpha value is -2.82. The van der Waals surface area contributed by atoms with Crippen molar-refractivity contribution in [2.75, 3.05) is 17.2 Å². The second-order valence-corrected chi connectivity index (χ2v) is 6.96. The molecule has 2 aromatic carbocycles. The van der Waals surface area contributed by atoms with Gasteiger partial charge in [0.05, 0.1) is 0 Å². The minimum absolute atomic E-state index is 0.0693. The molecule has 0 radical (unpaired) electrons. The maximum Gasteiger partial charge on any atom is 0.262 e. The van der Waals surface area contributed by atoms with Gasteiger partial charge in [0.1, 0.15) is 5.75 Å². The number of carbonyl (C=O) groups excluding carboxylic acids is 2. The van der Waals surface area contributed by atoms with E-state index >= 15 is 0 Å². The molecular formula is C22H28N2O3. The van der Waals surface area contributed by atoms with Crippen molar-refractivity contribution in [2.24, 2.45) is 0 Å². The van der Waals surface area contributed by atoms with E-state index in [1.54, 1.807) is 13.0 Å². The molecule has 0 saturated heterocycles. The highest BCUT2D eigenvalue weighted by molar-refractivity contribution is 5.95. The van der Waals surface area contributed by atoms with Crippen LogP contribution in [0.25, 0.3) is 0 Å². The molecule has 2 N–H and O–H groups in total. The van der Waals surface area contributed by atoms with Crippen molar-refractivity contribution < 1.29 is 14.3 Å². The fourth-order valence-electron chi connectivity index (χ4n) is 2.66. The zero-order chi connectivity index (χ0) is 20.0. The Kier molecular flexibility index (Phi) is 6.99. The van der Waals surface area contributed by atoms with Crippen molar-refractivity contribution in [2.45, 2.75) is 47.0 Å². The molecule has 2 amide bonds. The molecule has 5 nitrogen and oxygen atoms in total. The average Bonchev–Trinajstić information content (AvgIpc) is 2.62. The van der Waals surface area contributed by atoms with Crippen LogP contribution in [0.3, 0.4) is 0 Å². The van der Waals surface area contributed by atoms with E-state index in [-0.39, 0.29) is 18.4 Å². The van der Waals surface area contributed by atoms with Gasteiger partial charge in [-0.3, -0.25) is 9.59 Å². The smallest absolute Gasteiger partial charge is 0.262 e. The van der Waals surface area contributed by atoms with E-state index in [2.05, 4.69) is 24.5 Å². The molecule has 144 valence electrons. The monoisotopic (exact) mass is 368 g/mol. The molecule has 5 heteroatoms. The number of hydrogen-bond donors (Lipinski definition) is 2. The van der Waals surface area contributed by atoms with E-state index in [0.29, 0.717) is 23.7 Å². The second-order valence-electron chi connectivity index (χ2n) is 6.96. The highest BCUT2D eigenvalue weighted by atomic mass is 16.5. The van der Waals surface area contributed by atoms with Gasteiger partial charge < -0.3 is 15.4 Å². The fraction of sp³-hybridized carbons (Fsp3) is 0.364. The molecule has 0 fully saturated rings. The molecule has 0 atom stereocenters. The van der Waals surface area contributed by atoms with Gasteiger partial charge in [-0.15, -0.1) is 0 Å². The molecule has 0 heterocycles. The number of carbonyl (C=O) groups is 2. The van der Waals surface area contributed by atoms with Crippen molar-refractivity contribution in [3.63, 3.8) is 0 Å². The van der Waals surface area contributed by atoms with E-state index in [4.69, 9.17) is 4.74 Å². The van der Waals surface area contributed by atoms with Crippen molar-refractivity contribution in [1.82, 2.24) is 0 Å². The molecule has 0 unspecified atom stereocenters. The molecule has 0 bridgehead atoms. The summed E-state index contributed by atoms with van der Waals surface area (Å²) in [7, 11) is 0. The van der Waals surface area contributed by atoms with Crippen molar-refractivity contribution in [3.05, 3.63) is 53.1 Å².